The second-order valence-corrected chi connectivity index (χ2v) is 15.9. The van der Waals surface area contributed by atoms with Crippen molar-refractivity contribution in [3.63, 3.8) is 0 Å². The van der Waals surface area contributed by atoms with E-state index in [1.807, 2.05) is 12.2 Å². The van der Waals surface area contributed by atoms with Gasteiger partial charge < -0.3 is 24.4 Å². The average molecular weight is 783 g/mol. The van der Waals surface area contributed by atoms with Crippen molar-refractivity contribution in [1.82, 2.24) is 0 Å². The van der Waals surface area contributed by atoms with Crippen LogP contribution in [0.3, 0.4) is 0 Å². The Morgan fingerprint density at radius 2 is 1.02 bits per heavy atom. The average Bonchev–Trinajstić information content (AvgIpc) is 3.14. The number of allylic oxidation sites excluding steroid dienone is 8. The molecule has 2 atom stereocenters. The molecule has 0 aliphatic heterocycles. The molecule has 0 saturated heterocycles. The topological polar surface area (TPSA) is 140 Å². The number of rotatable bonds is 39. The molecule has 0 aliphatic rings. The van der Waals surface area contributed by atoms with Crippen molar-refractivity contribution in [3.8, 4) is 0 Å². The molecule has 9 nitrogen and oxygen atoms in total. The smallest absolute Gasteiger partial charge is 0.462 e. The molecule has 0 fully saturated rings. The lowest BCUT2D eigenvalue weighted by atomic mass is 9.99. The lowest BCUT2D eigenvalue weighted by Gasteiger charge is -2.18. The van der Waals surface area contributed by atoms with E-state index in [4.69, 9.17) is 24.4 Å². The SMILES string of the molecule is CCC(C)CCCCCCCCCCCCCCCCC(=O)OC[C@H](COP(=O)(O)O)OC(=O)CCC/C=C\C/C=C\C/C=C\C/C=C\CCCCCO. The maximum atomic E-state index is 12.4. The predicted octanol–water partition coefficient (Wildman–Crippen LogP) is 12.0. The lowest BCUT2D eigenvalue weighted by molar-refractivity contribution is -0.161. The molecular weight excluding hydrogens is 703 g/mol. The molecular formula is C44H79O9P. The first-order valence-electron chi connectivity index (χ1n) is 21.4. The summed E-state index contributed by atoms with van der Waals surface area (Å²) in [5.74, 6) is -0.0834. The van der Waals surface area contributed by atoms with Gasteiger partial charge in [0, 0.05) is 19.4 Å². The molecule has 0 aromatic carbocycles. The van der Waals surface area contributed by atoms with E-state index < -0.39 is 32.5 Å². The second kappa shape index (κ2) is 39.2. The van der Waals surface area contributed by atoms with Crippen LogP contribution in [-0.2, 0) is 28.2 Å². The maximum absolute atomic E-state index is 12.4. The minimum Gasteiger partial charge on any atom is -0.462 e. The van der Waals surface area contributed by atoms with E-state index in [1.165, 1.54) is 83.5 Å². The van der Waals surface area contributed by atoms with Gasteiger partial charge >= 0.3 is 19.8 Å². The Kier molecular flexibility index (Phi) is 37.7. The van der Waals surface area contributed by atoms with Gasteiger partial charge in [-0.3, -0.25) is 14.1 Å². The molecule has 0 aliphatic carbocycles. The zero-order valence-electron chi connectivity index (χ0n) is 34.2. The minimum absolute atomic E-state index is 0.126. The number of carbonyl (C=O) groups excluding carboxylic acids is 2. The Morgan fingerprint density at radius 1 is 0.574 bits per heavy atom. The van der Waals surface area contributed by atoms with Crippen LogP contribution in [0.15, 0.2) is 48.6 Å². The Balaban J connectivity index is 3.99. The molecule has 0 amide bonds. The van der Waals surface area contributed by atoms with Crippen LogP contribution in [-0.4, -0.2) is 52.8 Å². The van der Waals surface area contributed by atoms with Gasteiger partial charge in [-0.15, -0.1) is 0 Å². The van der Waals surface area contributed by atoms with Gasteiger partial charge in [0.1, 0.15) is 6.61 Å². The van der Waals surface area contributed by atoms with Crippen LogP contribution in [0.1, 0.15) is 187 Å². The van der Waals surface area contributed by atoms with Crippen molar-refractivity contribution in [2.45, 2.75) is 193 Å². The highest BCUT2D eigenvalue weighted by molar-refractivity contribution is 7.46. The van der Waals surface area contributed by atoms with Crippen molar-refractivity contribution in [3.05, 3.63) is 48.6 Å². The van der Waals surface area contributed by atoms with Crippen molar-refractivity contribution in [2.24, 2.45) is 5.92 Å². The summed E-state index contributed by atoms with van der Waals surface area (Å²) in [7, 11) is -4.78. The molecule has 0 bridgehead atoms. The third-order valence-electron chi connectivity index (χ3n) is 9.45. The van der Waals surface area contributed by atoms with E-state index in [0.29, 0.717) is 19.3 Å². The number of aliphatic hydroxyl groups excluding tert-OH is 1. The van der Waals surface area contributed by atoms with Crippen molar-refractivity contribution in [1.29, 1.82) is 0 Å². The molecule has 0 aromatic heterocycles. The van der Waals surface area contributed by atoms with Gasteiger partial charge in [-0.2, -0.15) is 0 Å². The summed E-state index contributed by atoms with van der Waals surface area (Å²) in [5, 5.41) is 8.78. The van der Waals surface area contributed by atoms with Crippen LogP contribution in [0.5, 0.6) is 0 Å². The number of unbranched alkanes of at least 4 members (excludes halogenated alkanes) is 17. The highest BCUT2D eigenvalue weighted by Gasteiger charge is 2.22. The number of ether oxygens (including phenoxy) is 2. The lowest BCUT2D eigenvalue weighted by Crippen LogP contribution is -2.29. The monoisotopic (exact) mass is 783 g/mol. The highest BCUT2D eigenvalue weighted by atomic mass is 31.2. The van der Waals surface area contributed by atoms with Gasteiger partial charge in [0.05, 0.1) is 6.61 Å². The number of hydrogen-bond acceptors (Lipinski definition) is 7. The number of phosphoric acid groups is 1. The summed E-state index contributed by atoms with van der Waals surface area (Å²) in [5.41, 5.74) is 0. The third kappa shape index (κ3) is 41.1. The zero-order chi connectivity index (χ0) is 39.8. The molecule has 0 rings (SSSR count). The maximum Gasteiger partial charge on any atom is 0.469 e. The molecule has 3 N–H and O–H groups in total. The molecule has 0 radical (unpaired) electrons. The summed E-state index contributed by atoms with van der Waals surface area (Å²) >= 11 is 0. The van der Waals surface area contributed by atoms with Crippen LogP contribution < -0.4 is 0 Å². The first-order valence-corrected chi connectivity index (χ1v) is 23.0. The second-order valence-electron chi connectivity index (χ2n) is 14.6. The number of carbonyl (C=O) groups is 2. The van der Waals surface area contributed by atoms with Gasteiger partial charge in [0.25, 0.3) is 0 Å². The highest BCUT2D eigenvalue weighted by Crippen LogP contribution is 2.36. The van der Waals surface area contributed by atoms with E-state index >= 15 is 0 Å². The van der Waals surface area contributed by atoms with E-state index in [9.17, 15) is 14.2 Å². The Labute approximate surface area is 329 Å². The molecule has 0 spiro atoms. The summed E-state index contributed by atoms with van der Waals surface area (Å²) < 4.78 is 26.3. The largest absolute Gasteiger partial charge is 0.469 e. The summed E-state index contributed by atoms with van der Waals surface area (Å²) in [6.45, 7) is 4.03. The van der Waals surface area contributed by atoms with E-state index in [2.05, 4.69) is 54.8 Å². The Hall–Kier alpha value is -2.03. The fourth-order valence-corrected chi connectivity index (χ4v) is 6.21. The quantitative estimate of drug-likeness (QED) is 0.0240. The van der Waals surface area contributed by atoms with Gasteiger partial charge in [-0.05, 0) is 63.7 Å². The van der Waals surface area contributed by atoms with Crippen LogP contribution in [0.25, 0.3) is 0 Å². The predicted molar refractivity (Wildman–Crippen MR) is 222 cm³/mol. The Morgan fingerprint density at radius 3 is 1.52 bits per heavy atom. The van der Waals surface area contributed by atoms with E-state index in [1.54, 1.807) is 0 Å². The van der Waals surface area contributed by atoms with Gasteiger partial charge in [0.2, 0.25) is 0 Å². The number of aliphatic hydroxyl groups is 1. The van der Waals surface area contributed by atoms with Crippen molar-refractivity contribution in [2.75, 3.05) is 19.8 Å². The van der Waals surface area contributed by atoms with Crippen LogP contribution >= 0.6 is 7.82 Å². The third-order valence-corrected chi connectivity index (χ3v) is 9.93. The summed E-state index contributed by atoms with van der Waals surface area (Å²) in [6.07, 6.45) is 44.2. The number of esters is 2. The van der Waals surface area contributed by atoms with Crippen molar-refractivity contribution < 1.29 is 43.0 Å². The molecule has 10 heteroatoms. The van der Waals surface area contributed by atoms with Gasteiger partial charge in [-0.1, -0.05) is 165 Å². The molecule has 0 saturated carbocycles. The molecule has 1 unspecified atom stereocenters. The fraction of sp³-hybridized carbons (Fsp3) is 0.773. The summed E-state index contributed by atoms with van der Waals surface area (Å²) in [4.78, 5) is 42.8. The fourth-order valence-electron chi connectivity index (χ4n) is 5.85. The first kappa shape index (κ1) is 52.0. The Bertz CT molecular complexity index is 1030. The molecule has 0 aromatic rings. The number of phosphoric ester groups is 1. The van der Waals surface area contributed by atoms with Crippen LogP contribution in [0.4, 0.5) is 0 Å². The van der Waals surface area contributed by atoms with Crippen molar-refractivity contribution >= 4 is 19.8 Å². The van der Waals surface area contributed by atoms with Gasteiger partial charge in [0.15, 0.2) is 6.10 Å². The van der Waals surface area contributed by atoms with Crippen LogP contribution in [0.2, 0.25) is 0 Å². The van der Waals surface area contributed by atoms with E-state index in [0.717, 1.165) is 63.7 Å². The number of hydrogen-bond donors (Lipinski definition) is 3. The van der Waals surface area contributed by atoms with Crippen LogP contribution in [0, 0.1) is 5.92 Å². The molecule has 314 valence electrons. The first-order chi connectivity index (χ1) is 26.2. The standard InChI is InChI=1S/C44H79O9P/c1-3-41(2)35-31-27-23-19-15-11-8-9-12-16-20-24-28-32-36-43(46)51-39-42(40-52-54(48,49)50)53-44(47)37-33-29-25-21-17-13-7-5-4-6-10-14-18-22-26-30-34-38-45/h4,6-7,13-14,18,21,25,41-42,45H,3,5,8-12,15-17,19-20,22-24,26-40H2,1-2H3,(H2,48,49,50)/b6-4-,13-7-,18-14-,25-21-/t41?,42-/m1/s1. The molecule has 54 heavy (non-hydrogen) atoms. The normalized spacial score (nSPS) is 13.5. The zero-order valence-corrected chi connectivity index (χ0v) is 35.1. The summed E-state index contributed by atoms with van der Waals surface area (Å²) in [6, 6.07) is 0. The minimum atomic E-state index is -4.78. The van der Waals surface area contributed by atoms with E-state index in [-0.39, 0.29) is 26.1 Å². The van der Waals surface area contributed by atoms with Gasteiger partial charge in [-0.25, -0.2) is 4.57 Å². The molecule has 0 heterocycles.